The molecule has 0 fully saturated rings. The molecule has 0 bridgehead atoms. The van der Waals surface area contributed by atoms with E-state index in [1.54, 1.807) is 19.2 Å². The molecule has 2 aromatic carbocycles. The van der Waals surface area contributed by atoms with Crippen molar-refractivity contribution in [2.24, 2.45) is 4.99 Å². The number of aromatic hydroxyl groups is 1. The van der Waals surface area contributed by atoms with Gasteiger partial charge in [-0.15, -0.1) is 0 Å². The van der Waals surface area contributed by atoms with Gasteiger partial charge >= 0.3 is 0 Å². The van der Waals surface area contributed by atoms with E-state index in [9.17, 15) is 9.90 Å². The number of phenols is 1. The number of carbonyl (C=O) groups excluding carboxylic acids is 1. The van der Waals surface area contributed by atoms with Crippen LogP contribution in [0.15, 0.2) is 47.5 Å². The second-order valence-electron chi connectivity index (χ2n) is 5.77. The number of hydrogen-bond acceptors (Lipinski definition) is 5. The molecule has 0 amide bonds. The van der Waals surface area contributed by atoms with Crippen LogP contribution in [0, 0.1) is 6.92 Å². The first-order valence-electron chi connectivity index (χ1n) is 7.73. The lowest BCUT2D eigenvalue weighted by Crippen LogP contribution is -2.27. The fourth-order valence-corrected chi connectivity index (χ4v) is 3.52. The predicted molar refractivity (Wildman–Crippen MR) is 97.3 cm³/mol. The Labute approximate surface area is 145 Å². The fourth-order valence-electron chi connectivity index (χ4n) is 2.68. The molecule has 0 spiro atoms. The van der Waals surface area contributed by atoms with Gasteiger partial charge in [-0.2, -0.15) is 0 Å². The normalized spacial score (nSPS) is 17.5. The summed E-state index contributed by atoms with van der Waals surface area (Å²) in [7, 11) is 1.65. The molecule has 124 valence electrons. The van der Waals surface area contributed by atoms with Crippen LogP contribution in [0.4, 0.5) is 0 Å². The maximum Gasteiger partial charge on any atom is 0.214 e. The lowest BCUT2D eigenvalue weighted by atomic mass is 10.0. The van der Waals surface area contributed by atoms with E-state index in [1.807, 2.05) is 37.3 Å². The van der Waals surface area contributed by atoms with Crippen LogP contribution in [0.2, 0.25) is 0 Å². The standard InChI is InChI=1S/C19H19NO3S/c1-12-3-8-15(18(9-12)23-2)17-11-24-19(22)16(20-17)10-13-4-6-14(21)7-5-13/h3-9,16,21H,10-11H2,1-2H3/t16-/m0/s1. The first-order valence-corrected chi connectivity index (χ1v) is 8.71. The van der Waals surface area contributed by atoms with Crippen LogP contribution >= 0.6 is 11.8 Å². The van der Waals surface area contributed by atoms with Crippen molar-refractivity contribution in [3.05, 3.63) is 59.2 Å². The summed E-state index contributed by atoms with van der Waals surface area (Å²) in [5.41, 5.74) is 3.93. The molecule has 0 saturated carbocycles. The van der Waals surface area contributed by atoms with E-state index in [1.165, 1.54) is 11.8 Å². The van der Waals surface area contributed by atoms with Gasteiger partial charge in [-0.3, -0.25) is 9.79 Å². The molecule has 0 radical (unpaired) electrons. The Bertz CT molecular complexity index is 784. The highest BCUT2D eigenvalue weighted by atomic mass is 32.2. The van der Waals surface area contributed by atoms with E-state index < -0.39 is 6.04 Å². The number of ether oxygens (including phenoxy) is 1. The van der Waals surface area contributed by atoms with E-state index in [0.717, 1.165) is 28.2 Å². The van der Waals surface area contributed by atoms with Crippen molar-refractivity contribution >= 4 is 22.6 Å². The summed E-state index contributed by atoms with van der Waals surface area (Å²) in [6.07, 6.45) is 0.532. The Morgan fingerprint density at radius 2 is 2.00 bits per heavy atom. The number of hydrogen-bond donors (Lipinski definition) is 1. The van der Waals surface area contributed by atoms with Gasteiger partial charge in [0.2, 0.25) is 5.12 Å². The third kappa shape index (κ3) is 3.62. The van der Waals surface area contributed by atoms with Gasteiger partial charge in [0.25, 0.3) is 0 Å². The highest BCUT2D eigenvalue weighted by Gasteiger charge is 2.26. The van der Waals surface area contributed by atoms with E-state index in [-0.39, 0.29) is 10.9 Å². The molecule has 1 aliphatic rings. The van der Waals surface area contributed by atoms with Crippen LogP contribution in [0.25, 0.3) is 0 Å². The zero-order valence-electron chi connectivity index (χ0n) is 13.7. The number of aryl methyl sites for hydroxylation is 1. The number of thioether (sulfide) groups is 1. The molecule has 1 N–H and O–H groups in total. The van der Waals surface area contributed by atoms with Crippen molar-refractivity contribution in [1.29, 1.82) is 0 Å². The minimum Gasteiger partial charge on any atom is -0.508 e. The largest absolute Gasteiger partial charge is 0.508 e. The Balaban J connectivity index is 1.89. The summed E-state index contributed by atoms with van der Waals surface area (Å²) in [5.74, 6) is 1.56. The van der Waals surface area contributed by atoms with Gasteiger partial charge in [-0.05, 0) is 42.3 Å². The van der Waals surface area contributed by atoms with Crippen LogP contribution in [0.5, 0.6) is 11.5 Å². The maximum absolute atomic E-state index is 12.2. The number of methoxy groups -OCH3 is 1. The Morgan fingerprint density at radius 3 is 2.71 bits per heavy atom. The van der Waals surface area contributed by atoms with Crippen molar-refractivity contribution < 1.29 is 14.6 Å². The molecule has 0 aromatic heterocycles. The van der Waals surface area contributed by atoms with Crippen molar-refractivity contribution in [2.45, 2.75) is 19.4 Å². The number of phenolic OH excluding ortho intramolecular Hbond substituents is 1. The van der Waals surface area contributed by atoms with E-state index >= 15 is 0 Å². The highest BCUT2D eigenvalue weighted by molar-refractivity contribution is 8.14. The molecular weight excluding hydrogens is 322 g/mol. The molecule has 2 aromatic rings. The van der Waals surface area contributed by atoms with Crippen LogP contribution in [-0.2, 0) is 11.2 Å². The van der Waals surface area contributed by atoms with Gasteiger partial charge in [0.15, 0.2) is 0 Å². The van der Waals surface area contributed by atoms with Gasteiger partial charge < -0.3 is 9.84 Å². The van der Waals surface area contributed by atoms with Gasteiger partial charge in [-0.1, -0.05) is 30.0 Å². The first-order chi connectivity index (χ1) is 11.6. The summed E-state index contributed by atoms with van der Waals surface area (Å²) < 4.78 is 5.47. The number of nitrogens with zero attached hydrogens (tertiary/aromatic N) is 1. The quantitative estimate of drug-likeness (QED) is 0.926. The molecule has 1 heterocycles. The van der Waals surface area contributed by atoms with Crippen LogP contribution in [0.3, 0.4) is 0 Å². The predicted octanol–water partition coefficient (Wildman–Crippen LogP) is 3.38. The van der Waals surface area contributed by atoms with E-state index in [4.69, 9.17) is 9.73 Å². The molecule has 0 unspecified atom stereocenters. The third-order valence-corrected chi connectivity index (χ3v) is 4.94. The number of benzene rings is 2. The van der Waals surface area contributed by atoms with Crippen LogP contribution < -0.4 is 4.74 Å². The van der Waals surface area contributed by atoms with Gasteiger partial charge in [0, 0.05) is 17.7 Å². The Hall–Kier alpha value is -2.27. The van der Waals surface area contributed by atoms with Crippen molar-refractivity contribution in [3.63, 3.8) is 0 Å². The molecule has 4 nitrogen and oxygen atoms in total. The zero-order valence-corrected chi connectivity index (χ0v) is 14.5. The molecule has 1 atom stereocenters. The van der Waals surface area contributed by atoms with E-state index in [0.29, 0.717) is 12.2 Å². The minimum atomic E-state index is -0.408. The summed E-state index contributed by atoms with van der Waals surface area (Å²) in [6.45, 7) is 2.01. The Morgan fingerprint density at radius 1 is 1.25 bits per heavy atom. The van der Waals surface area contributed by atoms with Crippen molar-refractivity contribution in [3.8, 4) is 11.5 Å². The monoisotopic (exact) mass is 341 g/mol. The summed E-state index contributed by atoms with van der Waals surface area (Å²) in [6, 6.07) is 12.5. The van der Waals surface area contributed by atoms with E-state index in [2.05, 4.69) is 0 Å². The number of rotatable bonds is 4. The van der Waals surface area contributed by atoms with Gasteiger partial charge in [0.05, 0.1) is 12.8 Å². The lowest BCUT2D eigenvalue weighted by Gasteiger charge is -2.20. The molecule has 0 saturated heterocycles. The molecule has 0 aliphatic carbocycles. The average Bonchev–Trinajstić information content (AvgIpc) is 2.59. The smallest absolute Gasteiger partial charge is 0.214 e. The second-order valence-corrected chi connectivity index (χ2v) is 6.75. The molecule has 3 rings (SSSR count). The maximum atomic E-state index is 12.2. The fraction of sp³-hybridized carbons (Fsp3) is 0.263. The van der Waals surface area contributed by atoms with Gasteiger partial charge in [-0.25, -0.2) is 0 Å². The molecule has 24 heavy (non-hydrogen) atoms. The van der Waals surface area contributed by atoms with Crippen molar-refractivity contribution in [2.75, 3.05) is 12.9 Å². The third-order valence-electron chi connectivity index (χ3n) is 3.97. The van der Waals surface area contributed by atoms with Crippen molar-refractivity contribution in [1.82, 2.24) is 0 Å². The molecule has 5 heteroatoms. The summed E-state index contributed by atoms with van der Waals surface area (Å²) >= 11 is 1.30. The minimum absolute atomic E-state index is 0.0814. The van der Waals surface area contributed by atoms with Gasteiger partial charge in [0.1, 0.15) is 17.5 Å². The summed E-state index contributed by atoms with van der Waals surface area (Å²) in [4.78, 5) is 16.9. The van der Waals surface area contributed by atoms with Crippen LogP contribution in [-0.4, -0.2) is 34.8 Å². The number of carbonyl (C=O) groups is 1. The zero-order chi connectivity index (χ0) is 17.1. The van der Waals surface area contributed by atoms with Crippen LogP contribution in [0.1, 0.15) is 16.7 Å². The number of aliphatic imine (C=N–C) groups is 1. The highest BCUT2D eigenvalue weighted by Crippen LogP contribution is 2.27. The second kappa shape index (κ2) is 7.09. The first kappa shape index (κ1) is 16.6. The topological polar surface area (TPSA) is 58.9 Å². The Kier molecular flexibility index (Phi) is 4.90. The SMILES string of the molecule is COc1cc(C)ccc1C1=N[C@@H](Cc2ccc(O)cc2)C(=O)SC1. The lowest BCUT2D eigenvalue weighted by molar-refractivity contribution is -0.112. The summed E-state index contributed by atoms with van der Waals surface area (Å²) in [5, 5.41) is 9.45. The molecule has 1 aliphatic heterocycles. The molecular formula is C19H19NO3S. The average molecular weight is 341 g/mol.